The van der Waals surface area contributed by atoms with Gasteiger partial charge in [-0.25, -0.2) is 22.7 Å². The second kappa shape index (κ2) is 7.27. The van der Waals surface area contributed by atoms with Gasteiger partial charge in [0.2, 0.25) is 10.0 Å². The average Bonchev–Trinajstić information content (AvgIpc) is 3.03. The molecule has 1 aliphatic carbocycles. The second-order valence-electron chi connectivity index (χ2n) is 6.63. The van der Waals surface area contributed by atoms with Crippen LogP contribution in [0.3, 0.4) is 0 Å². The number of nitrogens with one attached hydrogen (secondary N) is 1. The molecule has 0 atom stereocenters. The molecule has 2 aromatic rings. The maximum Gasteiger partial charge on any atom is 0.214 e. The van der Waals surface area contributed by atoms with Gasteiger partial charge in [-0.2, -0.15) is 0 Å². The van der Waals surface area contributed by atoms with Crippen molar-refractivity contribution >= 4 is 26.9 Å². The lowest BCUT2D eigenvalue weighted by atomic mass is 9.81. The third-order valence-electron chi connectivity index (χ3n) is 4.96. The first-order valence-corrected chi connectivity index (χ1v) is 9.97. The summed E-state index contributed by atoms with van der Waals surface area (Å²) in [7, 11) is 1.96. The Bertz CT molecular complexity index is 816. The third kappa shape index (κ3) is 3.78. The Morgan fingerprint density at radius 1 is 1.32 bits per heavy atom. The smallest absolute Gasteiger partial charge is 0.214 e. The maximum atomic E-state index is 12.4. The van der Waals surface area contributed by atoms with Crippen LogP contribution in [0.4, 0.5) is 5.82 Å². The molecule has 8 nitrogen and oxygen atoms in total. The molecule has 1 saturated carbocycles. The van der Waals surface area contributed by atoms with Crippen molar-refractivity contribution in [2.45, 2.75) is 18.9 Å². The fourth-order valence-corrected chi connectivity index (χ4v) is 4.72. The van der Waals surface area contributed by atoms with Crippen molar-refractivity contribution in [3.8, 4) is 0 Å². The largest absolute Gasteiger partial charge is 0.383 e. The molecule has 9 heteroatoms. The van der Waals surface area contributed by atoms with Crippen LogP contribution in [-0.2, 0) is 14.8 Å². The Morgan fingerprint density at radius 3 is 2.80 bits per heavy atom. The number of H-pyrrole nitrogens is 1. The van der Waals surface area contributed by atoms with E-state index in [0.29, 0.717) is 19.2 Å². The van der Waals surface area contributed by atoms with Gasteiger partial charge in [0.05, 0.1) is 17.7 Å². The predicted octanol–water partition coefficient (Wildman–Crippen LogP) is 1.08. The van der Waals surface area contributed by atoms with E-state index in [1.807, 2.05) is 19.3 Å². The van der Waals surface area contributed by atoms with E-state index in [0.717, 1.165) is 29.7 Å². The molecule has 0 bridgehead atoms. The van der Waals surface area contributed by atoms with Gasteiger partial charge in [-0.05, 0) is 24.8 Å². The summed E-state index contributed by atoms with van der Waals surface area (Å²) < 4.78 is 31.1. The van der Waals surface area contributed by atoms with Crippen molar-refractivity contribution in [3.05, 3.63) is 18.6 Å². The van der Waals surface area contributed by atoms with Gasteiger partial charge in [-0.3, -0.25) is 0 Å². The lowest BCUT2D eigenvalue weighted by Crippen LogP contribution is -2.46. The molecule has 25 heavy (non-hydrogen) atoms. The van der Waals surface area contributed by atoms with Crippen LogP contribution in [0.15, 0.2) is 18.6 Å². The van der Waals surface area contributed by atoms with Crippen LogP contribution in [0.5, 0.6) is 0 Å². The zero-order chi connectivity index (χ0) is 18.0. The van der Waals surface area contributed by atoms with Crippen LogP contribution >= 0.6 is 0 Å². The van der Waals surface area contributed by atoms with E-state index in [-0.39, 0.29) is 11.7 Å². The number of hydrogen-bond acceptors (Lipinski definition) is 6. The highest BCUT2D eigenvalue weighted by Crippen LogP contribution is 2.36. The standard InChI is InChI=1S/C16H25N5O3S/c1-20(6-7-24-3)25(22,23)10-12-8-13(9-12)21(2)16-14-4-5-17-15(14)18-11-19-16/h4-5,11-13H,6-10H2,1-3H3,(H,17,18,19)/t12-,13+. The average molecular weight is 367 g/mol. The molecule has 0 aromatic carbocycles. The summed E-state index contributed by atoms with van der Waals surface area (Å²) in [5.74, 6) is 1.27. The number of likely N-dealkylation sites (N-methyl/N-ethyl adjacent to an activating group) is 1. The Labute approximate surface area is 148 Å². The fourth-order valence-electron chi connectivity index (χ4n) is 3.25. The van der Waals surface area contributed by atoms with Crippen molar-refractivity contribution in [1.29, 1.82) is 0 Å². The molecule has 1 aliphatic rings. The van der Waals surface area contributed by atoms with Crippen LogP contribution in [-0.4, -0.2) is 73.8 Å². The molecule has 0 spiro atoms. The normalized spacial score (nSPS) is 20.8. The van der Waals surface area contributed by atoms with Gasteiger partial charge in [-0.1, -0.05) is 0 Å². The zero-order valence-electron chi connectivity index (χ0n) is 14.8. The third-order valence-corrected chi connectivity index (χ3v) is 6.98. The van der Waals surface area contributed by atoms with Gasteiger partial charge in [0, 0.05) is 40.0 Å². The summed E-state index contributed by atoms with van der Waals surface area (Å²) in [6.07, 6.45) is 5.10. The Morgan fingerprint density at radius 2 is 2.08 bits per heavy atom. The Balaban J connectivity index is 1.58. The lowest BCUT2D eigenvalue weighted by molar-refractivity contribution is 0.184. The number of anilines is 1. The van der Waals surface area contributed by atoms with Gasteiger partial charge in [-0.15, -0.1) is 0 Å². The van der Waals surface area contributed by atoms with Crippen molar-refractivity contribution in [2.24, 2.45) is 5.92 Å². The molecule has 2 aromatic heterocycles. The summed E-state index contributed by atoms with van der Waals surface area (Å²) in [6, 6.07) is 2.27. The highest BCUT2D eigenvalue weighted by atomic mass is 32.2. The first-order valence-electron chi connectivity index (χ1n) is 8.36. The molecular formula is C16H25N5O3S. The van der Waals surface area contributed by atoms with E-state index in [1.165, 1.54) is 4.31 Å². The Hall–Kier alpha value is -1.71. The van der Waals surface area contributed by atoms with Crippen LogP contribution in [0.2, 0.25) is 0 Å². The van der Waals surface area contributed by atoms with Gasteiger partial charge in [0.1, 0.15) is 17.8 Å². The van der Waals surface area contributed by atoms with Gasteiger partial charge in [0.15, 0.2) is 0 Å². The molecule has 0 aliphatic heterocycles. The molecule has 2 heterocycles. The van der Waals surface area contributed by atoms with Crippen LogP contribution < -0.4 is 4.90 Å². The number of fused-ring (bicyclic) bond motifs is 1. The van der Waals surface area contributed by atoms with E-state index in [2.05, 4.69) is 19.9 Å². The maximum absolute atomic E-state index is 12.4. The van der Waals surface area contributed by atoms with Gasteiger partial charge < -0.3 is 14.6 Å². The number of nitrogens with zero attached hydrogens (tertiary/aromatic N) is 4. The minimum absolute atomic E-state index is 0.186. The molecule has 0 radical (unpaired) electrons. The van der Waals surface area contributed by atoms with Gasteiger partial charge >= 0.3 is 0 Å². The number of aromatic nitrogens is 3. The van der Waals surface area contributed by atoms with Crippen molar-refractivity contribution in [3.63, 3.8) is 0 Å². The summed E-state index contributed by atoms with van der Waals surface area (Å²) >= 11 is 0. The molecule has 0 unspecified atom stereocenters. The number of ether oxygens (including phenoxy) is 1. The van der Waals surface area contributed by atoms with Crippen LogP contribution in [0.25, 0.3) is 11.0 Å². The predicted molar refractivity (Wildman–Crippen MR) is 97.1 cm³/mol. The number of hydrogen-bond donors (Lipinski definition) is 1. The number of rotatable bonds is 8. The first kappa shape index (κ1) is 18.1. The van der Waals surface area contributed by atoms with E-state index in [1.54, 1.807) is 20.5 Å². The molecule has 1 fully saturated rings. The second-order valence-corrected chi connectivity index (χ2v) is 8.75. The highest BCUT2D eigenvalue weighted by molar-refractivity contribution is 7.89. The van der Waals surface area contributed by atoms with E-state index >= 15 is 0 Å². The molecule has 0 saturated heterocycles. The first-order chi connectivity index (χ1) is 11.9. The summed E-state index contributed by atoms with van der Waals surface area (Å²) in [5.41, 5.74) is 0.815. The zero-order valence-corrected chi connectivity index (χ0v) is 15.7. The van der Waals surface area contributed by atoms with Crippen molar-refractivity contribution in [1.82, 2.24) is 19.3 Å². The Kier molecular flexibility index (Phi) is 5.26. The SMILES string of the molecule is COCCN(C)S(=O)(=O)C[C@H]1C[C@@H](N(C)c2ncnc3[nH]ccc23)C1. The van der Waals surface area contributed by atoms with Gasteiger partial charge in [0.25, 0.3) is 0 Å². The molecular weight excluding hydrogens is 342 g/mol. The van der Waals surface area contributed by atoms with E-state index in [4.69, 9.17) is 4.74 Å². The monoisotopic (exact) mass is 367 g/mol. The molecule has 138 valence electrons. The van der Waals surface area contributed by atoms with E-state index in [9.17, 15) is 8.42 Å². The van der Waals surface area contributed by atoms with Crippen LogP contribution in [0.1, 0.15) is 12.8 Å². The number of sulfonamides is 1. The minimum Gasteiger partial charge on any atom is -0.383 e. The summed E-state index contributed by atoms with van der Waals surface area (Å²) in [6.45, 7) is 0.799. The lowest BCUT2D eigenvalue weighted by Gasteiger charge is -2.42. The quantitative estimate of drug-likeness (QED) is 0.751. The summed E-state index contributed by atoms with van der Waals surface area (Å²) in [5, 5.41) is 0.986. The van der Waals surface area contributed by atoms with Crippen molar-refractivity contribution < 1.29 is 13.2 Å². The fraction of sp³-hybridized carbons (Fsp3) is 0.625. The van der Waals surface area contributed by atoms with E-state index < -0.39 is 10.0 Å². The minimum atomic E-state index is -3.23. The topological polar surface area (TPSA) is 91.4 Å². The number of aromatic amines is 1. The summed E-state index contributed by atoms with van der Waals surface area (Å²) in [4.78, 5) is 13.8. The number of methoxy groups -OCH3 is 1. The molecule has 0 amide bonds. The molecule has 3 rings (SSSR count). The van der Waals surface area contributed by atoms with Crippen LogP contribution in [0, 0.1) is 5.92 Å². The van der Waals surface area contributed by atoms with Crippen molar-refractivity contribution in [2.75, 3.05) is 45.0 Å². The molecule has 1 N–H and O–H groups in total. The highest BCUT2D eigenvalue weighted by Gasteiger charge is 2.37.